The van der Waals surface area contributed by atoms with Gasteiger partial charge in [0.15, 0.2) is 0 Å². The summed E-state index contributed by atoms with van der Waals surface area (Å²) < 4.78 is 42.2. The van der Waals surface area contributed by atoms with Gasteiger partial charge < -0.3 is 19.8 Å². The van der Waals surface area contributed by atoms with Crippen molar-refractivity contribution in [1.82, 2.24) is 9.38 Å². The van der Waals surface area contributed by atoms with Gasteiger partial charge in [-0.15, -0.1) is 13.2 Å². The molecule has 6 nitrogen and oxygen atoms in total. The zero-order valence-corrected chi connectivity index (χ0v) is 15.4. The number of imidazole rings is 1. The van der Waals surface area contributed by atoms with Crippen molar-refractivity contribution in [3.8, 4) is 17.0 Å². The molecule has 2 aromatic carbocycles. The largest absolute Gasteiger partial charge is 0.573 e. The van der Waals surface area contributed by atoms with Crippen LogP contribution in [0.1, 0.15) is 0 Å². The minimum atomic E-state index is -4.76. The number of halogens is 3. The third-order valence-corrected chi connectivity index (χ3v) is 4.15. The number of carbonyl (C=O) groups excluding carboxylic acids is 1. The molecule has 2 heterocycles. The molecule has 9 heteroatoms. The van der Waals surface area contributed by atoms with E-state index < -0.39 is 12.4 Å². The lowest BCUT2D eigenvalue weighted by Gasteiger charge is -2.10. The first kappa shape index (κ1) is 19.3. The van der Waals surface area contributed by atoms with Crippen molar-refractivity contribution in [3.63, 3.8) is 0 Å². The van der Waals surface area contributed by atoms with Crippen LogP contribution in [0.3, 0.4) is 0 Å². The van der Waals surface area contributed by atoms with Gasteiger partial charge in [0, 0.05) is 29.3 Å². The molecule has 0 spiro atoms. The Balaban J connectivity index is 1.37. The second-order valence-electron chi connectivity index (χ2n) is 6.32. The fraction of sp³-hybridized carbons (Fsp3) is 0.0476. The van der Waals surface area contributed by atoms with Crippen molar-refractivity contribution in [3.05, 3.63) is 79.1 Å². The standard InChI is InChI=1S/C21H15F3N4O2/c22-21(23,24)30-17-10-8-16(9-11-17)26-20(29)25-15-6-4-14(5-7-15)18-13-28-12-2-1-3-19(28)27-18/h1-13H,(H2,25,26,29). The van der Waals surface area contributed by atoms with Gasteiger partial charge in [0.1, 0.15) is 11.4 Å². The molecule has 0 saturated heterocycles. The molecule has 0 fully saturated rings. The van der Waals surface area contributed by atoms with Gasteiger partial charge in [0.05, 0.1) is 5.69 Å². The highest BCUT2D eigenvalue weighted by atomic mass is 19.4. The topological polar surface area (TPSA) is 67.7 Å². The van der Waals surface area contributed by atoms with Crippen LogP contribution in [-0.2, 0) is 0 Å². The van der Waals surface area contributed by atoms with Crippen LogP contribution >= 0.6 is 0 Å². The number of rotatable bonds is 4. The number of hydrogen-bond donors (Lipinski definition) is 2. The number of alkyl halides is 3. The summed E-state index contributed by atoms with van der Waals surface area (Å²) >= 11 is 0. The summed E-state index contributed by atoms with van der Waals surface area (Å²) in [5.41, 5.74) is 3.41. The lowest BCUT2D eigenvalue weighted by molar-refractivity contribution is -0.274. The second-order valence-corrected chi connectivity index (χ2v) is 6.32. The van der Waals surface area contributed by atoms with Crippen LogP contribution in [0.5, 0.6) is 5.75 Å². The van der Waals surface area contributed by atoms with E-state index in [1.54, 1.807) is 12.1 Å². The summed E-state index contributed by atoms with van der Waals surface area (Å²) in [6.07, 6.45) is -0.938. The van der Waals surface area contributed by atoms with Crippen molar-refractivity contribution in [2.45, 2.75) is 6.36 Å². The summed E-state index contributed by atoms with van der Waals surface area (Å²) in [6, 6.07) is 17.2. The number of pyridine rings is 1. The third-order valence-electron chi connectivity index (χ3n) is 4.15. The highest BCUT2D eigenvalue weighted by Crippen LogP contribution is 2.24. The zero-order chi connectivity index (χ0) is 21.1. The number of hydrogen-bond acceptors (Lipinski definition) is 3. The Hall–Kier alpha value is -4.01. The smallest absolute Gasteiger partial charge is 0.406 e. The van der Waals surface area contributed by atoms with Crippen LogP contribution in [-0.4, -0.2) is 21.8 Å². The molecule has 0 bridgehead atoms. The van der Waals surface area contributed by atoms with Crippen molar-refractivity contribution in [2.24, 2.45) is 0 Å². The number of nitrogens with zero attached hydrogens (tertiary/aromatic N) is 2. The molecule has 30 heavy (non-hydrogen) atoms. The van der Waals surface area contributed by atoms with E-state index in [1.165, 1.54) is 12.1 Å². The molecule has 0 saturated carbocycles. The SMILES string of the molecule is O=C(Nc1ccc(OC(F)(F)F)cc1)Nc1ccc(-c2cn3ccccc3n2)cc1. The lowest BCUT2D eigenvalue weighted by Crippen LogP contribution is -2.19. The maximum Gasteiger partial charge on any atom is 0.573 e. The number of aromatic nitrogens is 2. The summed E-state index contributed by atoms with van der Waals surface area (Å²) in [6.45, 7) is 0. The van der Waals surface area contributed by atoms with Crippen LogP contribution in [0.15, 0.2) is 79.1 Å². The maximum atomic E-state index is 12.2. The second kappa shape index (κ2) is 7.78. The van der Waals surface area contributed by atoms with Crippen LogP contribution < -0.4 is 15.4 Å². The normalized spacial score (nSPS) is 11.3. The number of amides is 2. The molecule has 0 atom stereocenters. The molecule has 4 aromatic rings. The average Bonchev–Trinajstić information content (AvgIpc) is 3.13. The Morgan fingerprint density at radius 1 is 0.900 bits per heavy atom. The number of carbonyl (C=O) groups is 1. The van der Waals surface area contributed by atoms with Gasteiger partial charge in [-0.1, -0.05) is 18.2 Å². The molecule has 0 aliphatic rings. The molecule has 4 rings (SSSR count). The van der Waals surface area contributed by atoms with Crippen LogP contribution in [0.25, 0.3) is 16.9 Å². The summed E-state index contributed by atoms with van der Waals surface area (Å²) in [4.78, 5) is 16.7. The minimum absolute atomic E-state index is 0.323. The molecule has 2 N–H and O–H groups in total. The van der Waals surface area contributed by atoms with Crippen LogP contribution in [0.2, 0.25) is 0 Å². The van der Waals surface area contributed by atoms with Crippen molar-refractivity contribution in [1.29, 1.82) is 0 Å². The highest BCUT2D eigenvalue weighted by Gasteiger charge is 2.30. The number of nitrogens with one attached hydrogen (secondary N) is 2. The minimum Gasteiger partial charge on any atom is -0.406 e. The van der Waals surface area contributed by atoms with E-state index in [2.05, 4.69) is 20.4 Å². The molecule has 0 radical (unpaired) electrons. The van der Waals surface area contributed by atoms with E-state index in [4.69, 9.17) is 0 Å². The molecule has 2 aromatic heterocycles. The molecule has 0 aliphatic heterocycles. The number of ether oxygens (including phenoxy) is 1. The molecular formula is C21H15F3N4O2. The average molecular weight is 412 g/mol. The number of benzene rings is 2. The van der Waals surface area contributed by atoms with Crippen LogP contribution in [0.4, 0.5) is 29.3 Å². The predicted molar refractivity (Wildman–Crippen MR) is 106 cm³/mol. The Labute approximate surface area is 168 Å². The van der Waals surface area contributed by atoms with Gasteiger partial charge in [-0.2, -0.15) is 0 Å². The van der Waals surface area contributed by atoms with E-state index in [9.17, 15) is 18.0 Å². The van der Waals surface area contributed by atoms with Gasteiger partial charge in [0.25, 0.3) is 0 Å². The van der Waals surface area contributed by atoms with E-state index in [0.29, 0.717) is 11.4 Å². The molecule has 0 unspecified atom stereocenters. The highest BCUT2D eigenvalue weighted by molar-refractivity contribution is 5.99. The van der Waals surface area contributed by atoms with Crippen LogP contribution in [0, 0.1) is 0 Å². The predicted octanol–water partition coefficient (Wildman–Crippen LogP) is 5.54. The number of anilines is 2. The Morgan fingerprint density at radius 2 is 1.53 bits per heavy atom. The zero-order valence-electron chi connectivity index (χ0n) is 15.4. The third kappa shape index (κ3) is 4.69. The molecule has 0 aliphatic carbocycles. The molecule has 2 amide bonds. The molecule has 152 valence electrons. The first-order valence-electron chi connectivity index (χ1n) is 8.84. The maximum absolute atomic E-state index is 12.2. The molecular weight excluding hydrogens is 397 g/mol. The van der Waals surface area contributed by atoms with E-state index >= 15 is 0 Å². The van der Waals surface area contributed by atoms with Crippen molar-refractivity contribution < 1.29 is 22.7 Å². The fourth-order valence-corrected chi connectivity index (χ4v) is 2.83. The van der Waals surface area contributed by atoms with E-state index in [1.807, 2.05) is 47.1 Å². The Morgan fingerprint density at radius 3 is 2.13 bits per heavy atom. The Kier molecular flexibility index (Phi) is 5.01. The van der Waals surface area contributed by atoms with E-state index in [-0.39, 0.29) is 5.75 Å². The van der Waals surface area contributed by atoms with Gasteiger partial charge in [-0.25, -0.2) is 9.78 Å². The number of fused-ring (bicyclic) bond motifs is 1. The summed E-state index contributed by atoms with van der Waals surface area (Å²) in [7, 11) is 0. The summed E-state index contributed by atoms with van der Waals surface area (Å²) in [5.74, 6) is -0.365. The van der Waals surface area contributed by atoms with E-state index in [0.717, 1.165) is 29.0 Å². The monoisotopic (exact) mass is 412 g/mol. The lowest BCUT2D eigenvalue weighted by atomic mass is 10.1. The quantitative estimate of drug-likeness (QED) is 0.462. The number of urea groups is 1. The first-order chi connectivity index (χ1) is 14.4. The fourth-order valence-electron chi connectivity index (χ4n) is 2.83. The van der Waals surface area contributed by atoms with Gasteiger partial charge in [-0.05, 0) is 48.5 Å². The van der Waals surface area contributed by atoms with Gasteiger partial charge in [0.2, 0.25) is 0 Å². The summed E-state index contributed by atoms with van der Waals surface area (Å²) in [5, 5.41) is 5.20. The van der Waals surface area contributed by atoms with Crippen molar-refractivity contribution >= 4 is 23.1 Å². The van der Waals surface area contributed by atoms with Gasteiger partial charge in [-0.3, -0.25) is 0 Å². The van der Waals surface area contributed by atoms with Crippen molar-refractivity contribution in [2.75, 3.05) is 10.6 Å². The Bertz CT molecular complexity index is 1140. The van der Waals surface area contributed by atoms with Gasteiger partial charge >= 0.3 is 12.4 Å². The first-order valence-corrected chi connectivity index (χ1v) is 8.84.